The fourth-order valence-electron chi connectivity index (χ4n) is 1.88. The second kappa shape index (κ2) is 5.38. The van der Waals surface area contributed by atoms with Crippen LogP contribution in [-0.2, 0) is 0 Å². The molecule has 1 fully saturated rings. The molecule has 1 aromatic carbocycles. The molecule has 1 saturated carbocycles. The number of aromatic nitrogens is 2. The van der Waals surface area contributed by atoms with E-state index in [1.807, 2.05) is 6.07 Å². The topological polar surface area (TPSA) is 54.9 Å². The fraction of sp³-hybridized carbons (Fsp3) is 0.214. The number of rotatable bonds is 3. The minimum Gasteiger partial charge on any atom is -0.320 e. The summed E-state index contributed by atoms with van der Waals surface area (Å²) in [4.78, 5) is 12.0. The lowest BCUT2D eigenvalue weighted by atomic mass is 10.2. The van der Waals surface area contributed by atoms with E-state index in [9.17, 15) is 4.79 Å². The summed E-state index contributed by atoms with van der Waals surface area (Å²) in [5.41, 5.74) is 1.75. The standard InChI is InChI=1S/C14H11Cl2N3O/c15-9-5-10(16)7-11(6-9)17-14(20)13-4-3-12(18-19-13)8-1-2-8/h3-8H,1-2H2,(H,17,20). The van der Waals surface area contributed by atoms with Gasteiger partial charge in [-0.25, -0.2) is 0 Å². The molecule has 2 aromatic rings. The molecule has 3 rings (SSSR count). The predicted molar refractivity (Wildman–Crippen MR) is 78.4 cm³/mol. The smallest absolute Gasteiger partial charge is 0.276 e. The Morgan fingerprint density at radius 2 is 1.80 bits per heavy atom. The number of anilines is 1. The van der Waals surface area contributed by atoms with Crippen LogP contribution in [0, 0.1) is 0 Å². The average Bonchev–Trinajstić information content (AvgIpc) is 3.22. The van der Waals surface area contributed by atoms with Crippen LogP contribution in [0.5, 0.6) is 0 Å². The summed E-state index contributed by atoms with van der Waals surface area (Å²) in [5, 5.41) is 11.6. The van der Waals surface area contributed by atoms with Gasteiger partial charge in [-0.2, -0.15) is 5.10 Å². The first-order valence-electron chi connectivity index (χ1n) is 6.23. The molecule has 0 saturated heterocycles. The summed E-state index contributed by atoms with van der Waals surface area (Å²) >= 11 is 11.8. The first-order valence-corrected chi connectivity index (χ1v) is 6.98. The van der Waals surface area contributed by atoms with Crippen molar-refractivity contribution in [2.75, 3.05) is 5.32 Å². The van der Waals surface area contributed by atoms with Crippen LogP contribution in [0.15, 0.2) is 30.3 Å². The van der Waals surface area contributed by atoms with Gasteiger partial charge >= 0.3 is 0 Å². The van der Waals surface area contributed by atoms with Gasteiger partial charge in [0.15, 0.2) is 5.69 Å². The average molecular weight is 308 g/mol. The molecule has 1 aliphatic carbocycles. The van der Waals surface area contributed by atoms with E-state index in [4.69, 9.17) is 23.2 Å². The molecule has 1 aliphatic rings. The zero-order chi connectivity index (χ0) is 14.1. The monoisotopic (exact) mass is 307 g/mol. The Hall–Kier alpha value is -1.65. The third-order valence-corrected chi connectivity index (χ3v) is 3.47. The Kier molecular flexibility index (Phi) is 3.59. The summed E-state index contributed by atoms with van der Waals surface area (Å²) in [5.74, 6) is 0.185. The van der Waals surface area contributed by atoms with Crippen molar-refractivity contribution in [1.82, 2.24) is 10.2 Å². The third kappa shape index (κ3) is 3.08. The van der Waals surface area contributed by atoms with Gasteiger partial charge in [-0.15, -0.1) is 5.10 Å². The number of nitrogens with one attached hydrogen (secondary N) is 1. The van der Waals surface area contributed by atoms with Gasteiger partial charge in [0.05, 0.1) is 5.69 Å². The molecule has 0 spiro atoms. The van der Waals surface area contributed by atoms with Gasteiger partial charge in [0.25, 0.3) is 5.91 Å². The first kappa shape index (κ1) is 13.3. The van der Waals surface area contributed by atoms with Crippen molar-refractivity contribution in [2.45, 2.75) is 18.8 Å². The molecule has 0 unspecified atom stereocenters. The van der Waals surface area contributed by atoms with Crippen LogP contribution >= 0.6 is 23.2 Å². The van der Waals surface area contributed by atoms with Gasteiger partial charge in [0.1, 0.15) is 0 Å². The lowest BCUT2D eigenvalue weighted by molar-refractivity contribution is 0.102. The van der Waals surface area contributed by atoms with Crippen molar-refractivity contribution in [3.8, 4) is 0 Å². The molecular formula is C14H11Cl2N3O. The predicted octanol–water partition coefficient (Wildman–Crippen LogP) is 3.91. The maximum Gasteiger partial charge on any atom is 0.276 e. The Morgan fingerprint density at radius 3 is 2.35 bits per heavy atom. The van der Waals surface area contributed by atoms with Gasteiger partial charge in [-0.1, -0.05) is 23.2 Å². The number of carbonyl (C=O) groups excluding carboxylic acids is 1. The summed E-state index contributed by atoms with van der Waals surface area (Å²) < 4.78 is 0. The van der Waals surface area contributed by atoms with Crippen LogP contribution in [0.25, 0.3) is 0 Å². The molecular weight excluding hydrogens is 297 g/mol. The van der Waals surface area contributed by atoms with Gasteiger partial charge in [0, 0.05) is 21.7 Å². The molecule has 1 N–H and O–H groups in total. The minimum absolute atomic E-state index is 0.269. The Balaban J connectivity index is 1.74. The maximum absolute atomic E-state index is 12.0. The number of halogens is 2. The zero-order valence-electron chi connectivity index (χ0n) is 10.4. The van der Waals surface area contributed by atoms with Gasteiger partial charge in [-0.3, -0.25) is 4.79 Å². The number of benzene rings is 1. The first-order chi connectivity index (χ1) is 9.61. The van der Waals surface area contributed by atoms with E-state index in [1.54, 1.807) is 24.3 Å². The second-order valence-electron chi connectivity index (χ2n) is 4.73. The second-order valence-corrected chi connectivity index (χ2v) is 5.60. The van der Waals surface area contributed by atoms with E-state index < -0.39 is 0 Å². The SMILES string of the molecule is O=C(Nc1cc(Cl)cc(Cl)c1)c1ccc(C2CC2)nn1. The maximum atomic E-state index is 12.0. The van der Waals surface area contributed by atoms with Crippen LogP contribution in [0.4, 0.5) is 5.69 Å². The van der Waals surface area contributed by atoms with Crippen molar-refractivity contribution >= 4 is 34.8 Å². The normalized spacial score (nSPS) is 14.1. The Morgan fingerprint density at radius 1 is 1.10 bits per heavy atom. The molecule has 1 amide bonds. The Labute approximate surface area is 126 Å². The molecule has 0 radical (unpaired) electrons. The largest absolute Gasteiger partial charge is 0.320 e. The van der Waals surface area contributed by atoms with E-state index in [-0.39, 0.29) is 11.6 Å². The van der Waals surface area contributed by atoms with Crippen LogP contribution in [0.1, 0.15) is 34.9 Å². The molecule has 20 heavy (non-hydrogen) atoms. The lowest BCUT2D eigenvalue weighted by Crippen LogP contribution is -2.14. The molecule has 1 heterocycles. The van der Waals surface area contributed by atoms with E-state index in [0.29, 0.717) is 21.7 Å². The van der Waals surface area contributed by atoms with Gasteiger partial charge < -0.3 is 5.32 Å². The van der Waals surface area contributed by atoms with Crippen molar-refractivity contribution in [3.05, 3.63) is 51.8 Å². The minimum atomic E-state index is -0.335. The van der Waals surface area contributed by atoms with E-state index in [1.165, 1.54) is 0 Å². The third-order valence-electron chi connectivity index (χ3n) is 3.03. The van der Waals surface area contributed by atoms with Crippen LogP contribution < -0.4 is 5.32 Å². The van der Waals surface area contributed by atoms with E-state index in [0.717, 1.165) is 18.5 Å². The van der Waals surface area contributed by atoms with Crippen molar-refractivity contribution in [1.29, 1.82) is 0 Å². The van der Waals surface area contributed by atoms with E-state index in [2.05, 4.69) is 15.5 Å². The lowest BCUT2D eigenvalue weighted by Gasteiger charge is -2.06. The fourth-order valence-corrected chi connectivity index (χ4v) is 2.41. The van der Waals surface area contributed by atoms with Crippen LogP contribution in [0.2, 0.25) is 10.0 Å². The number of nitrogens with zero attached hydrogens (tertiary/aromatic N) is 2. The highest BCUT2D eigenvalue weighted by molar-refractivity contribution is 6.35. The molecule has 0 bridgehead atoms. The zero-order valence-corrected chi connectivity index (χ0v) is 11.9. The molecule has 0 aliphatic heterocycles. The summed E-state index contributed by atoms with van der Waals surface area (Å²) in [6.45, 7) is 0. The molecule has 6 heteroatoms. The van der Waals surface area contributed by atoms with Gasteiger partial charge in [0.2, 0.25) is 0 Å². The summed E-state index contributed by atoms with van der Waals surface area (Å²) in [6.07, 6.45) is 2.31. The Bertz CT molecular complexity index is 634. The van der Waals surface area contributed by atoms with E-state index >= 15 is 0 Å². The number of carbonyl (C=O) groups is 1. The highest BCUT2D eigenvalue weighted by atomic mass is 35.5. The summed E-state index contributed by atoms with van der Waals surface area (Å²) in [7, 11) is 0. The molecule has 102 valence electrons. The highest BCUT2D eigenvalue weighted by Crippen LogP contribution is 2.38. The number of amides is 1. The number of hydrogen-bond donors (Lipinski definition) is 1. The molecule has 4 nitrogen and oxygen atoms in total. The van der Waals surface area contributed by atoms with Crippen molar-refractivity contribution in [2.24, 2.45) is 0 Å². The highest BCUT2D eigenvalue weighted by Gasteiger charge is 2.25. The van der Waals surface area contributed by atoms with Crippen LogP contribution in [-0.4, -0.2) is 16.1 Å². The quantitative estimate of drug-likeness (QED) is 0.935. The summed E-state index contributed by atoms with van der Waals surface area (Å²) in [6, 6.07) is 8.38. The number of hydrogen-bond acceptors (Lipinski definition) is 3. The van der Waals surface area contributed by atoms with Crippen molar-refractivity contribution < 1.29 is 4.79 Å². The van der Waals surface area contributed by atoms with Gasteiger partial charge in [-0.05, 0) is 43.2 Å². The molecule has 1 aromatic heterocycles. The van der Waals surface area contributed by atoms with Crippen LogP contribution in [0.3, 0.4) is 0 Å². The van der Waals surface area contributed by atoms with Crippen molar-refractivity contribution in [3.63, 3.8) is 0 Å². The molecule has 0 atom stereocenters.